The summed E-state index contributed by atoms with van der Waals surface area (Å²) in [5.74, 6) is -0.472. The molecule has 0 saturated carbocycles. The maximum Gasteiger partial charge on any atom is 0.243 e. The molecule has 0 radical (unpaired) electrons. The van der Waals surface area contributed by atoms with Gasteiger partial charge in [0, 0.05) is 18.8 Å². The molecule has 6 nitrogen and oxygen atoms in total. The maximum atomic E-state index is 12.8. The van der Waals surface area contributed by atoms with Crippen molar-refractivity contribution in [2.45, 2.75) is 43.9 Å². The molecule has 1 aliphatic heterocycles. The van der Waals surface area contributed by atoms with Gasteiger partial charge < -0.3 is 5.43 Å². The number of sulfonamides is 1. The van der Waals surface area contributed by atoms with E-state index in [0.29, 0.717) is 19.4 Å². The van der Waals surface area contributed by atoms with Crippen LogP contribution in [0.2, 0.25) is 0 Å². The Labute approximate surface area is 149 Å². The van der Waals surface area contributed by atoms with E-state index in [1.807, 2.05) is 6.92 Å². The maximum absolute atomic E-state index is 12.8. The highest BCUT2D eigenvalue weighted by Gasteiger charge is 2.33. The number of piperidine rings is 1. The summed E-state index contributed by atoms with van der Waals surface area (Å²) >= 11 is 0. The van der Waals surface area contributed by atoms with Gasteiger partial charge in [-0.05, 0) is 51.2 Å². The number of allylic oxidation sites excluding steroid dienone is 2. The first-order chi connectivity index (χ1) is 12.0. The minimum atomic E-state index is -3.55. The molecule has 1 aliphatic carbocycles. The smallest absolute Gasteiger partial charge is 0.243 e. The SMILES string of the molecule is Cc1ccc(S(=O)(=O)N2CCC[C@H](C(=O)NNC3=CCCC3)C2)cc1. The van der Waals surface area contributed by atoms with Gasteiger partial charge in [0.25, 0.3) is 0 Å². The van der Waals surface area contributed by atoms with Crippen LogP contribution in [0, 0.1) is 12.8 Å². The van der Waals surface area contributed by atoms with Crippen molar-refractivity contribution in [3.05, 3.63) is 41.6 Å². The third-order valence-corrected chi connectivity index (χ3v) is 6.68. The zero-order chi connectivity index (χ0) is 17.9. The van der Waals surface area contributed by atoms with Gasteiger partial charge in [0.05, 0.1) is 10.8 Å². The van der Waals surface area contributed by atoms with Gasteiger partial charge >= 0.3 is 0 Å². The van der Waals surface area contributed by atoms with E-state index in [4.69, 9.17) is 0 Å². The number of carbonyl (C=O) groups excluding carboxylic acids is 1. The van der Waals surface area contributed by atoms with Crippen LogP contribution in [0.1, 0.15) is 37.7 Å². The van der Waals surface area contributed by atoms with Gasteiger partial charge in [-0.2, -0.15) is 4.31 Å². The van der Waals surface area contributed by atoms with Crippen molar-refractivity contribution in [2.75, 3.05) is 13.1 Å². The number of nitrogens with one attached hydrogen (secondary N) is 2. The number of amides is 1. The number of benzene rings is 1. The second kappa shape index (κ2) is 7.58. The van der Waals surface area contributed by atoms with Crippen molar-refractivity contribution in [1.82, 2.24) is 15.2 Å². The molecule has 1 fully saturated rings. The van der Waals surface area contributed by atoms with E-state index in [-0.39, 0.29) is 23.3 Å². The fourth-order valence-corrected chi connectivity index (χ4v) is 4.79. The predicted octanol–water partition coefficient (Wildman–Crippen LogP) is 2.08. The molecule has 0 spiro atoms. The van der Waals surface area contributed by atoms with Crippen molar-refractivity contribution in [3.63, 3.8) is 0 Å². The molecule has 0 aromatic heterocycles. The van der Waals surface area contributed by atoms with E-state index >= 15 is 0 Å². The molecule has 0 unspecified atom stereocenters. The molecule has 0 bridgehead atoms. The highest BCUT2D eigenvalue weighted by molar-refractivity contribution is 7.89. The number of hydrogen-bond acceptors (Lipinski definition) is 4. The Hall–Kier alpha value is -1.86. The van der Waals surface area contributed by atoms with Crippen LogP contribution in [0.25, 0.3) is 0 Å². The predicted molar refractivity (Wildman–Crippen MR) is 95.9 cm³/mol. The summed E-state index contributed by atoms with van der Waals surface area (Å²) in [6.45, 7) is 2.60. The molecule has 2 aliphatic rings. The zero-order valence-corrected chi connectivity index (χ0v) is 15.3. The van der Waals surface area contributed by atoms with Crippen LogP contribution in [-0.2, 0) is 14.8 Å². The van der Waals surface area contributed by atoms with Crippen LogP contribution >= 0.6 is 0 Å². The summed E-state index contributed by atoms with van der Waals surface area (Å²) in [7, 11) is -3.55. The third-order valence-electron chi connectivity index (χ3n) is 4.80. The Morgan fingerprint density at radius 2 is 1.96 bits per heavy atom. The number of hydrogen-bond donors (Lipinski definition) is 2. The van der Waals surface area contributed by atoms with E-state index in [9.17, 15) is 13.2 Å². The normalized spacial score (nSPS) is 21.6. The lowest BCUT2D eigenvalue weighted by Gasteiger charge is -2.31. The Morgan fingerprint density at radius 1 is 1.20 bits per heavy atom. The zero-order valence-electron chi connectivity index (χ0n) is 14.5. The number of nitrogens with zero attached hydrogens (tertiary/aromatic N) is 1. The van der Waals surface area contributed by atoms with Crippen LogP contribution in [-0.4, -0.2) is 31.7 Å². The van der Waals surface area contributed by atoms with Gasteiger partial charge in [0.15, 0.2) is 0 Å². The van der Waals surface area contributed by atoms with Crippen molar-refractivity contribution in [2.24, 2.45) is 5.92 Å². The molecule has 2 N–H and O–H groups in total. The minimum Gasteiger partial charge on any atom is -0.303 e. The summed E-state index contributed by atoms with van der Waals surface area (Å²) in [5.41, 5.74) is 7.75. The molecule has 25 heavy (non-hydrogen) atoms. The molecule has 3 rings (SSSR count). The van der Waals surface area contributed by atoms with E-state index in [1.54, 1.807) is 24.3 Å². The Kier molecular flexibility index (Phi) is 5.44. The summed E-state index contributed by atoms with van der Waals surface area (Å²) in [6.07, 6.45) is 6.54. The quantitative estimate of drug-likeness (QED) is 0.785. The topological polar surface area (TPSA) is 78.5 Å². The van der Waals surface area contributed by atoms with Gasteiger partial charge in [-0.25, -0.2) is 8.42 Å². The first-order valence-electron chi connectivity index (χ1n) is 8.78. The van der Waals surface area contributed by atoms with Crippen molar-refractivity contribution in [1.29, 1.82) is 0 Å². The average Bonchev–Trinajstić information content (AvgIpc) is 3.14. The highest BCUT2D eigenvalue weighted by atomic mass is 32.2. The van der Waals surface area contributed by atoms with Gasteiger partial charge in [0.2, 0.25) is 15.9 Å². The molecule has 7 heteroatoms. The van der Waals surface area contributed by atoms with E-state index < -0.39 is 10.0 Å². The second-order valence-electron chi connectivity index (χ2n) is 6.75. The Balaban J connectivity index is 1.63. The molecular weight excluding hydrogens is 338 g/mol. The van der Waals surface area contributed by atoms with Crippen molar-refractivity contribution >= 4 is 15.9 Å². The summed E-state index contributed by atoms with van der Waals surface area (Å²) in [6, 6.07) is 6.84. The molecular formula is C18H25N3O3S. The second-order valence-corrected chi connectivity index (χ2v) is 8.69. The van der Waals surface area contributed by atoms with E-state index in [0.717, 1.165) is 30.5 Å². The average molecular weight is 363 g/mol. The molecule has 1 amide bonds. The highest BCUT2D eigenvalue weighted by Crippen LogP contribution is 2.24. The number of hydrazine groups is 1. The van der Waals surface area contributed by atoms with Crippen LogP contribution in [0.3, 0.4) is 0 Å². The lowest BCUT2D eigenvalue weighted by molar-refractivity contribution is -0.126. The van der Waals surface area contributed by atoms with Crippen LogP contribution in [0.15, 0.2) is 40.9 Å². The number of carbonyl (C=O) groups is 1. The van der Waals surface area contributed by atoms with Gasteiger partial charge in [-0.15, -0.1) is 0 Å². The molecule has 1 saturated heterocycles. The molecule has 1 atom stereocenters. The fourth-order valence-electron chi connectivity index (χ4n) is 3.26. The summed E-state index contributed by atoms with van der Waals surface area (Å²) in [4.78, 5) is 12.7. The van der Waals surface area contributed by atoms with Crippen LogP contribution in [0.5, 0.6) is 0 Å². The van der Waals surface area contributed by atoms with Crippen molar-refractivity contribution < 1.29 is 13.2 Å². The van der Waals surface area contributed by atoms with Gasteiger partial charge in [-0.1, -0.05) is 23.8 Å². The Bertz CT molecular complexity index is 756. The van der Waals surface area contributed by atoms with E-state index in [1.165, 1.54) is 4.31 Å². The first kappa shape index (κ1) is 17.9. The van der Waals surface area contributed by atoms with Crippen LogP contribution in [0.4, 0.5) is 0 Å². The first-order valence-corrected chi connectivity index (χ1v) is 10.2. The molecule has 1 aromatic rings. The minimum absolute atomic E-state index is 0.142. The summed E-state index contributed by atoms with van der Waals surface area (Å²) in [5, 5.41) is 0. The van der Waals surface area contributed by atoms with E-state index in [2.05, 4.69) is 16.9 Å². The molecule has 1 aromatic carbocycles. The Morgan fingerprint density at radius 3 is 2.64 bits per heavy atom. The van der Waals surface area contributed by atoms with Gasteiger partial charge in [-0.3, -0.25) is 10.2 Å². The molecule has 136 valence electrons. The fraction of sp³-hybridized carbons (Fsp3) is 0.500. The largest absolute Gasteiger partial charge is 0.303 e. The van der Waals surface area contributed by atoms with Gasteiger partial charge in [0.1, 0.15) is 0 Å². The lowest BCUT2D eigenvalue weighted by atomic mass is 9.99. The van der Waals surface area contributed by atoms with Crippen molar-refractivity contribution in [3.8, 4) is 0 Å². The lowest BCUT2D eigenvalue weighted by Crippen LogP contribution is -2.48. The number of aryl methyl sites for hydroxylation is 1. The summed E-state index contributed by atoms with van der Waals surface area (Å²) < 4.78 is 27.0. The third kappa shape index (κ3) is 4.22. The number of rotatable bonds is 5. The van der Waals surface area contributed by atoms with Crippen LogP contribution < -0.4 is 10.9 Å². The standard InChI is InChI=1S/C18H25N3O3S/c1-14-8-10-17(11-9-14)25(23,24)21-12-4-5-15(13-21)18(22)20-19-16-6-2-3-7-16/h6,8-11,15,19H,2-5,7,12-13H2,1H3,(H,20,22)/t15-/m0/s1. The molecule has 1 heterocycles. The monoisotopic (exact) mass is 363 g/mol.